The molecule has 174 valence electrons. The Balaban J connectivity index is 0.00000289. The lowest BCUT2D eigenvalue weighted by Gasteiger charge is -2.33. The lowest BCUT2D eigenvalue weighted by Crippen LogP contribution is -2.41. The van der Waals surface area contributed by atoms with Crippen LogP contribution in [0.15, 0.2) is 53.1 Å². The van der Waals surface area contributed by atoms with Gasteiger partial charge in [0, 0.05) is 37.6 Å². The molecule has 7 nitrogen and oxygen atoms in total. The maximum Gasteiger partial charge on any atom is 0.191 e. The SMILES string of the molecule is CCNC(=NCC(c1cccs1)N1CCOCC1)NCCCn1cnc2ccccc21.I. The largest absolute Gasteiger partial charge is 0.379 e. The van der Waals surface area contributed by atoms with Crippen LogP contribution in [0.1, 0.15) is 24.3 Å². The third-order valence-electron chi connectivity index (χ3n) is 5.52. The van der Waals surface area contributed by atoms with Crippen molar-refractivity contribution in [1.29, 1.82) is 0 Å². The van der Waals surface area contributed by atoms with Gasteiger partial charge in [-0.1, -0.05) is 18.2 Å². The molecule has 9 heteroatoms. The summed E-state index contributed by atoms with van der Waals surface area (Å²) in [6, 6.07) is 12.9. The Morgan fingerprint density at radius 3 is 2.81 bits per heavy atom. The molecule has 2 N–H and O–H groups in total. The summed E-state index contributed by atoms with van der Waals surface area (Å²) in [5.41, 5.74) is 2.24. The molecule has 1 unspecified atom stereocenters. The van der Waals surface area contributed by atoms with E-state index < -0.39 is 0 Å². The van der Waals surface area contributed by atoms with Crippen LogP contribution in [0.25, 0.3) is 11.0 Å². The van der Waals surface area contributed by atoms with E-state index in [1.165, 1.54) is 10.4 Å². The minimum Gasteiger partial charge on any atom is -0.379 e. The van der Waals surface area contributed by atoms with Gasteiger partial charge in [0.1, 0.15) is 0 Å². The average Bonchev–Trinajstić information content (AvgIpc) is 3.48. The summed E-state index contributed by atoms with van der Waals surface area (Å²) in [6.07, 6.45) is 2.93. The molecule has 1 atom stereocenters. The van der Waals surface area contributed by atoms with Crippen LogP contribution in [0.3, 0.4) is 0 Å². The molecular formula is C23H33IN6OS. The van der Waals surface area contributed by atoms with Crippen molar-refractivity contribution in [3.05, 3.63) is 53.0 Å². The monoisotopic (exact) mass is 568 g/mol. The minimum atomic E-state index is 0. The molecule has 1 aliphatic heterocycles. The zero-order valence-corrected chi connectivity index (χ0v) is 21.7. The maximum absolute atomic E-state index is 5.55. The molecule has 3 aromatic rings. The van der Waals surface area contributed by atoms with Gasteiger partial charge < -0.3 is 19.9 Å². The van der Waals surface area contributed by atoms with E-state index in [0.29, 0.717) is 6.04 Å². The van der Waals surface area contributed by atoms with Crippen LogP contribution in [0, 0.1) is 0 Å². The standard InChI is InChI=1S/C23H32N6OS.HI/c1-2-24-23(25-10-6-11-29-18-27-19-7-3-4-8-20(19)29)26-17-21(22-9-5-16-31-22)28-12-14-30-15-13-28;/h3-5,7-9,16,18,21H,2,6,10-15,17H2,1H3,(H2,24,25,26);1H. The van der Waals surface area contributed by atoms with E-state index in [1.807, 2.05) is 23.7 Å². The molecule has 0 spiro atoms. The molecule has 1 aliphatic rings. The highest BCUT2D eigenvalue weighted by molar-refractivity contribution is 14.0. The second-order valence-electron chi connectivity index (χ2n) is 7.61. The number of aromatic nitrogens is 2. The van der Waals surface area contributed by atoms with Gasteiger partial charge in [0.25, 0.3) is 0 Å². The van der Waals surface area contributed by atoms with Gasteiger partial charge in [0.05, 0.1) is 43.2 Å². The van der Waals surface area contributed by atoms with Crippen LogP contribution >= 0.6 is 35.3 Å². The summed E-state index contributed by atoms with van der Waals surface area (Å²) in [5, 5.41) is 9.04. The Morgan fingerprint density at radius 1 is 1.19 bits per heavy atom. The number of nitrogens with zero attached hydrogens (tertiary/aromatic N) is 4. The van der Waals surface area contributed by atoms with Gasteiger partial charge in [-0.3, -0.25) is 9.89 Å². The molecule has 32 heavy (non-hydrogen) atoms. The fourth-order valence-electron chi connectivity index (χ4n) is 3.92. The average molecular weight is 569 g/mol. The molecule has 0 radical (unpaired) electrons. The minimum absolute atomic E-state index is 0. The Kier molecular flexibility index (Phi) is 10.2. The number of benzene rings is 1. The number of nitrogens with one attached hydrogen (secondary N) is 2. The van der Waals surface area contributed by atoms with Gasteiger partial charge in [0.15, 0.2) is 5.96 Å². The Labute approximate surface area is 211 Å². The van der Waals surface area contributed by atoms with Gasteiger partial charge in [-0.05, 0) is 36.9 Å². The third-order valence-corrected chi connectivity index (χ3v) is 6.49. The molecule has 0 bridgehead atoms. The molecule has 0 aliphatic carbocycles. The molecule has 1 aromatic carbocycles. The fourth-order valence-corrected chi connectivity index (χ4v) is 4.77. The highest BCUT2D eigenvalue weighted by Gasteiger charge is 2.23. The second kappa shape index (κ2) is 13.1. The molecule has 1 saturated heterocycles. The summed E-state index contributed by atoms with van der Waals surface area (Å²) in [6.45, 7) is 8.99. The lowest BCUT2D eigenvalue weighted by atomic mass is 10.2. The molecular weight excluding hydrogens is 535 g/mol. The van der Waals surface area contributed by atoms with Gasteiger partial charge >= 0.3 is 0 Å². The first kappa shape index (κ1) is 24.9. The van der Waals surface area contributed by atoms with Crippen LogP contribution in [-0.4, -0.2) is 66.3 Å². The number of guanidine groups is 1. The van der Waals surface area contributed by atoms with E-state index in [1.54, 1.807) is 0 Å². The lowest BCUT2D eigenvalue weighted by molar-refractivity contribution is 0.0186. The summed E-state index contributed by atoms with van der Waals surface area (Å²) < 4.78 is 7.76. The van der Waals surface area contributed by atoms with E-state index in [2.05, 4.69) is 67.7 Å². The van der Waals surface area contributed by atoms with E-state index in [4.69, 9.17) is 9.73 Å². The molecule has 2 aromatic heterocycles. The number of ether oxygens (including phenoxy) is 1. The Bertz CT molecular complexity index is 954. The normalized spacial score (nSPS) is 16.0. The third kappa shape index (κ3) is 6.66. The van der Waals surface area contributed by atoms with Crippen molar-refractivity contribution < 1.29 is 4.74 Å². The number of imidazole rings is 1. The van der Waals surface area contributed by atoms with Crippen molar-refractivity contribution in [2.24, 2.45) is 4.99 Å². The highest BCUT2D eigenvalue weighted by Crippen LogP contribution is 2.26. The van der Waals surface area contributed by atoms with E-state index in [0.717, 1.165) is 70.4 Å². The topological polar surface area (TPSA) is 66.7 Å². The number of rotatable bonds is 9. The van der Waals surface area contributed by atoms with E-state index in [-0.39, 0.29) is 24.0 Å². The van der Waals surface area contributed by atoms with Crippen molar-refractivity contribution in [1.82, 2.24) is 25.1 Å². The molecule has 1 fully saturated rings. The molecule has 4 rings (SSSR count). The number of thiophene rings is 1. The first-order chi connectivity index (χ1) is 15.3. The quantitative estimate of drug-likeness (QED) is 0.178. The first-order valence-corrected chi connectivity index (χ1v) is 12.0. The fraction of sp³-hybridized carbons (Fsp3) is 0.478. The Hall–Kier alpha value is -1.69. The van der Waals surface area contributed by atoms with Crippen LogP contribution in [0.5, 0.6) is 0 Å². The number of aryl methyl sites for hydroxylation is 1. The Morgan fingerprint density at radius 2 is 2.03 bits per heavy atom. The van der Waals surface area contributed by atoms with Crippen molar-refractivity contribution in [3.8, 4) is 0 Å². The number of para-hydroxylation sites is 2. The zero-order valence-electron chi connectivity index (χ0n) is 18.6. The van der Waals surface area contributed by atoms with Gasteiger partial charge in [-0.2, -0.15) is 0 Å². The highest BCUT2D eigenvalue weighted by atomic mass is 127. The zero-order chi connectivity index (χ0) is 21.3. The van der Waals surface area contributed by atoms with Crippen LogP contribution in [0.4, 0.5) is 0 Å². The van der Waals surface area contributed by atoms with Crippen LogP contribution in [-0.2, 0) is 11.3 Å². The summed E-state index contributed by atoms with van der Waals surface area (Å²) in [5.74, 6) is 0.882. The number of morpholine rings is 1. The number of aliphatic imine (C=N–C) groups is 1. The van der Waals surface area contributed by atoms with Crippen molar-refractivity contribution in [2.45, 2.75) is 25.9 Å². The first-order valence-electron chi connectivity index (χ1n) is 11.1. The maximum atomic E-state index is 5.55. The van der Waals surface area contributed by atoms with E-state index >= 15 is 0 Å². The number of fused-ring (bicyclic) bond motifs is 1. The molecule has 0 saturated carbocycles. The second-order valence-corrected chi connectivity index (χ2v) is 8.59. The smallest absolute Gasteiger partial charge is 0.191 e. The predicted octanol–water partition coefficient (Wildman–Crippen LogP) is 3.73. The molecule has 3 heterocycles. The van der Waals surface area contributed by atoms with Crippen LogP contribution in [0.2, 0.25) is 0 Å². The van der Waals surface area contributed by atoms with Crippen LogP contribution < -0.4 is 10.6 Å². The number of hydrogen-bond donors (Lipinski definition) is 2. The number of halogens is 1. The van der Waals surface area contributed by atoms with Crippen molar-refractivity contribution in [2.75, 3.05) is 45.9 Å². The summed E-state index contributed by atoms with van der Waals surface area (Å²) in [4.78, 5) is 13.3. The van der Waals surface area contributed by atoms with E-state index in [9.17, 15) is 0 Å². The van der Waals surface area contributed by atoms with Gasteiger partial charge in [-0.25, -0.2) is 4.98 Å². The molecule has 0 amide bonds. The number of hydrogen-bond acceptors (Lipinski definition) is 5. The predicted molar refractivity (Wildman–Crippen MR) is 143 cm³/mol. The van der Waals surface area contributed by atoms with Crippen molar-refractivity contribution in [3.63, 3.8) is 0 Å². The van der Waals surface area contributed by atoms with Gasteiger partial charge in [-0.15, -0.1) is 35.3 Å². The van der Waals surface area contributed by atoms with Crippen molar-refractivity contribution >= 4 is 52.3 Å². The summed E-state index contributed by atoms with van der Waals surface area (Å²) >= 11 is 1.81. The summed E-state index contributed by atoms with van der Waals surface area (Å²) in [7, 11) is 0. The van der Waals surface area contributed by atoms with Gasteiger partial charge in [0.2, 0.25) is 0 Å².